The van der Waals surface area contributed by atoms with E-state index in [1.807, 2.05) is 24.6 Å². The summed E-state index contributed by atoms with van der Waals surface area (Å²) in [6.45, 7) is 4.82. The summed E-state index contributed by atoms with van der Waals surface area (Å²) in [5.74, 6) is 0. The molecule has 0 bridgehead atoms. The molecule has 74 valence electrons. The Balaban J connectivity index is 2.49. The van der Waals surface area contributed by atoms with Gasteiger partial charge in [0.1, 0.15) is 0 Å². The molecule has 14 heavy (non-hydrogen) atoms. The van der Waals surface area contributed by atoms with Crippen LogP contribution >= 0.6 is 22.9 Å². The molecule has 0 aliphatic heterocycles. The van der Waals surface area contributed by atoms with Gasteiger partial charge in [-0.05, 0) is 31.5 Å². The van der Waals surface area contributed by atoms with Gasteiger partial charge in [0.25, 0.3) is 0 Å². The Morgan fingerprint density at radius 2 is 2.29 bits per heavy atom. The molecule has 6 heteroatoms. The quantitative estimate of drug-likeness (QED) is 0.793. The molecule has 0 aliphatic carbocycles. The number of aryl methyl sites for hydroxylation is 2. The highest BCUT2D eigenvalue weighted by molar-refractivity contribution is 7.18. The van der Waals surface area contributed by atoms with Crippen LogP contribution < -0.4 is 0 Å². The Morgan fingerprint density at radius 1 is 1.50 bits per heavy atom. The maximum absolute atomic E-state index is 5.73. The van der Waals surface area contributed by atoms with Crippen LogP contribution in [-0.4, -0.2) is 20.0 Å². The Kier molecular flexibility index (Phi) is 2.52. The zero-order valence-electron chi connectivity index (χ0n) is 7.86. The topological polar surface area (TPSA) is 43.6 Å². The standard InChI is InChI=1S/C8H9ClN4S/c1-3-13-6(4-5(2)12-13)7-10-11-8(9)14-7/h4H,3H2,1-2H3. The largest absolute Gasteiger partial charge is 0.262 e. The van der Waals surface area contributed by atoms with E-state index < -0.39 is 0 Å². The molecule has 2 heterocycles. The van der Waals surface area contributed by atoms with Crippen LogP contribution in [0.5, 0.6) is 0 Å². The van der Waals surface area contributed by atoms with E-state index in [9.17, 15) is 0 Å². The van der Waals surface area contributed by atoms with Crippen molar-refractivity contribution in [1.29, 1.82) is 0 Å². The predicted molar refractivity (Wildman–Crippen MR) is 56.6 cm³/mol. The Labute approximate surface area is 90.5 Å². The van der Waals surface area contributed by atoms with Crippen LogP contribution in [0.2, 0.25) is 4.47 Å². The maximum Gasteiger partial charge on any atom is 0.207 e. The molecule has 0 spiro atoms. The number of hydrogen-bond acceptors (Lipinski definition) is 4. The fraction of sp³-hybridized carbons (Fsp3) is 0.375. The fourth-order valence-corrected chi connectivity index (χ4v) is 2.12. The van der Waals surface area contributed by atoms with Gasteiger partial charge in [0, 0.05) is 6.54 Å². The number of nitrogens with zero attached hydrogens (tertiary/aromatic N) is 4. The van der Waals surface area contributed by atoms with Crippen molar-refractivity contribution >= 4 is 22.9 Å². The van der Waals surface area contributed by atoms with Crippen LogP contribution in [0.4, 0.5) is 0 Å². The average molecular weight is 229 g/mol. The van der Waals surface area contributed by atoms with Gasteiger partial charge in [-0.1, -0.05) is 11.3 Å². The summed E-state index contributed by atoms with van der Waals surface area (Å²) >= 11 is 7.09. The molecule has 0 N–H and O–H groups in total. The molecule has 2 rings (SSSR count). The first-order valence-corrected chi connectivity index (χ1v) is 5.44. The lowest BCUT2D eigenvalue weighted by Crippen LogP contribution is -1.98. The van der Waals surface area contributed by atoms with Crippen LogP contribution in [0.25, 0.3) is 10.7 Å². The molecule has 0 unspecified atom stereocenters. The molecule has 0 radical (unpaired) electrons. The van der Waals surface area contributed by atoms with Gasteiger partial charge in [-0.15, -0.1) is 10.2 Å². The van der Waals surface area contributed by atoms with Crippen LogP contribution in [0.1, 0.15) is 12.6 Å². The summed E-state index contributed by atoms with van der Waals surface area (Å²) in [6, 6.07) is 1.99. The Morgan fingerprint density at radius 3 is 2.86 bits per heavy atom. The van der Waals surface area contributed by atoms with Gasteiger partial charge < -0.3 is 0 Å². The number of hydrogen-bond donors (Lipinski definition) is 0. The highest BCUT2D eigenvalue weighted by Crippen LogP contribution is 2.26. The molecule has 0 fully saturated rings. The second-order valence-corrected chi connectivity index (χ2v) is 4.41. The van der Waals surface area contributed by atoms with Gasteiger partial charge in [-0.3, -0.25) is 4.68 Å². The van der Waals surface area contributed by atoms with Gasteiger partial charge in [0.15, 0.2) is 5.01 Å². The first kappa shape index (κ1) is 9.61. The van der Waals surface area contributed by atoms with Crippen LogP contribution in [0.15, 0.2) is 6.07 Å². The van der Waals surface area contributed by atoms with Gasteiger partial charge in [-0.2, -0.15) is 5.10 Å². The van der Waals surface area contributed by atoms with E-state index in [-0.39, 0.29) is 0 Å². The van der Waals surface area contributed by atoms with Crippen molar-refractivity contribution in [3.8, 4) is 10.7 Å². The summed E-state index contributed by atoms with van der Waals surface area (Å²) < 4.78 is 2.35. The lowest BCUT2D eigenvalue weighted by molar-refractivity contribution is 0.659. The number of aromatic nitrogens is 4. The SMILES string of the molecule is CCn1nc(C)cc1-c1nnc(Cl)s1. The molecule has 0 amide bonds. The van der Waals surface area contributed by atoms with Crippen LogP contribution in [0.3, 0.4) is 0 Å². The van der Waals surface area contributed by atoms with Crippen LogP contribution in [-0.2, 0) is 6.54 Å². The molecule has 4 nitrogen and oxygen atoms in total. The lowest BCUT2D eigenvalue weighted by atomic mass is 10.4. The van der Waals surface area contributed by atoms with Gasteiger partial charge >= 0.3 is 0 Å². The van der Waals surface area contributed by atoms with Crippen molar-refractivity contribution in [2.75, 3.05) is 0 Å². The third-order valence-electron chi connectivity index (χ3n) is 1.82. The smallest absolute Gasteiger partial charge is 0.207 e. The maximum atomic E-state index is 5.73. The Hall–Kier alpha value is -0.940. The Bertz CT molecular complexity index is 448. The molecule has 0 saturated carbocycles. The van der Waals surface area contributed by atoms with E-state index in [0.717, 1.165) is 22.9 Å². The third kappa shape index (κ3) is 1.65. The lowest BCUT2D eigenvalue weighted by Gasteiger charge is -1.98. The number of halogens is 1. The fourth-order valence-electron chi connectivity index (χ4n) is 1.27. The van der Waals surface area contributed by atoms with E-state index in [1.165, 1.54) is 11.3 Å². The summed E-state index contributed by atoms with van der Waals surface area (Å²) in [5.41, 5.74) is 1.96. The summed E-state index contributed by atoms with van der Waals surface area (Å²) in [7, 11) is 0. The van der Waals surface area contributed by atoms with Gasteiger partial charge in [-0.25, -0.2) is 0 Å². The van der Waals surface area contributed by atoms with E-state index in [1.54, 1.807) is 0 Å². The molecular weight excluding hydrogens is 220 g/mol. The monoisotopic (exact) mass is 228 g/mol. The predicted octanol–water partition coefficient (Wildman–Crippen LogP) is 2.38. The van der Waals surface area contributed by atoms with Crippen molar-refractivity contribution in [3.63, 3.8) is 0 Å². The summed E-state index contributed by atoms with van der Waals surface area (Å²) in [5, 5.41) is 12.9. The molecule has 2 aromatic heterocycles. The first-order chi connectivity index (χ1) is 6.70. The normalized spacial score (nSPS) is 10.8. The number of rotatable bonds is 2. The average Bonchev–Trinajstić information content (AvgIpc) is 2.71. The van der Waals surface area contributed by atoms with Gasteiger partial charge in [0.05, 0.1) is 11.4 Å². The highest BCUT2D eigenvalue weighted by atomic mass is 35.5. The van der Waals surface area contributed by atoms with Crippen molar-refractivity contribution in [2.45, 2.75) is 20.4 Å². The minimum Gasteiger partial charge on any atom is -0.262 e. The minimum absolute atomic E-state index is 0.460. The molecular formula is C8H9ClN4S. The second kappa shape index (κ2) is 3.67. The van der Waals surface area contributed by atoms with E-state index >= 15 is 0 Å². The zero-order valence-corrected chi connectivity index (χ0v) is 9.43. The first-order valence-electron chi connectivity index (χ1n) is 4.24. The molecule has 0 atom stereocenters. The van der Waals surface area contributed by atoms with E-state index in [4.69, 9.17) is 11.6 Å². The van der Waals surface area contributed by atoms with Crippen molar-refractivity contribution in [3.05, 3.63) is 16.2 Å². The molecule has 0 aromatic carbocycles. The highest BCUT2D eigenvalue weighted by Gasteiger charge is 2.11. The molecule has 0 aliphatic rings. The summed E-state index contributed by atoms with van der Waals surface area (Å²) in [6.07, 6.45) is 0. The van der Waals surface area contributed by atoms with Crippen LogP contribution in [0, 0.1) is 6.92 Å². The van der Waals surface area contributed by atoms with E-state index in [0.29, 0.717) is 4.47 Å². The van der Waals surface area contributed by atoms with Crippen molar-refractivity contribution in [1.82, 2.24) is 20.0 Å². The second-order valence-electron chi connectivity index (χ2n) is 2.85. The van der Waals surface area contributed by atoms with Crippen molar-refractivity contribution in [2.24, 2.45) is 0 Å². The summed E-state index contributed by atoms with van der Waals surface area (Å²) in [4.78, 5) is 0. The van der Waals surface area contributed by atoms with Gasteiger partial charge in [0.2, 0.25) is 4.47 Å². The van der Waals surface area contributed by atoms with E-state index in [2.05, 4.69) is 15.3 Å². The molecule has 2 aromatic rings. The molecule has 0 saturated heterocycles. The zero-order chi connectivity index (χ0) is 10.1. The van der Waals surface area contributed by atoms with Crippen molar-refractivity contribution < 1.29 is 0 Å². The minimum atomic E-state index is 0.460. The third-order valence-corrected chi connectivity index (χ3v) is 2.86.